The molecule has 1 aliphatic heterocycles. The minimum Gasteiger partial charge on any atom is -0.394 e. The van der Waals surface area contributed by atoms with E-state index in [0.29, 0.717) is 25.7 Å². The summed E-state index contributed by atoms with van der Waals surface area (Å²) in [4.78, 5) is 51.4. The average molecular weight is 436 g/mol. The average Bonchev–Trinajstić information content (AvgIpc) is 3.12. The first-order valence-corrected chi connectivity index (χ1v) is 10.1. The van der Waals surface area contributed by atoms with Crippen molar-refractivity contribution in [3.8, 4) is 0 Å². The largest absolute Gasteiger partial charge is 0.394 e. The van der Waals surface area contributed by atoms with Crippen LogP contribution in [0.3, 0.4) is 0 Å². The summed E-state index contributed by atoms with van der Waals surface area (Å²) in [6, 6.07) is 1.44. The topological polar surface area (TPSA) is 151 Å². The lowest BCUT2D eigenvalue weighted by Gasteiger charge is -2.17. The highest BCUT2D eigenvalue weighted by Crippen LogP contribution is 2.27. The van der Waals surface area contributed by atoms with Crippen molar-refractivity contribution in [1.29, 1.82) is 0 Å². The molecule has 0 aliphatic carbocycles. The molecular weight excluding hydrogens is 408 g/mol. The smallest absolute Gasteiger partial charge is 0.351 e. The van der Waals surface area contributed by atoms with Gasteiger partial charge < -0.3 is 25.2 Å². The van der Waals surface area contributed by atoms with Crippen LogP contribution in [0, 0.1) is 0 Å². The van der Waals surface area contributed by atoms with Crippen LogP contribution in [0.25, 0.3) is 0 Å². The number of ether oxygens (including phenoxy) is 1. The van der Waals surface area contributed by atoms with E-state index in [9.17, 15) is 24.3 Å². The van der Waals surface area contributed by atoms with Gasteiger partial charge in [-0.05, 0) is 25.0 Å². The summed E-state index contributed by atoms with van der Waals surface area (Å²) < 4.78 is 6.55. The number of carbonyl (C=O) groups excluding carboxylic acids is 3. The van der Waals surface area contributed by atoms with Gasteiger partial charge in [-0.3, -0.25) is 19.0 Å². The van der Waals surface area contributed by atoms with Crippen molar-refractivity contribution < 1.29 is 29.3 Å². The Labute approximate surface area is 179 Å². The van der Waals surface area contributed by atoms with E-state index in [4.69, 9.17) is 9.84 Å². The summed E-state index contributed by atoms with van der Waals surface area (Å²) in [6.45, 7) is 0.253. The van der Waals surface area contributed by atoms with Gasteiger partial charge in [0.2, 0.25) is 11.8 Å². The maximum absolute atomic E-state index is 12.2. The van der Waals surface area contributed by atoms with E-state index in [0.717, 1.165) is 17.1 Å². The molecule has 11 nitrogen and oxygen atoms in total. The van der Waals surface area contributed by atoms with E-state index in [-0.39, 0.29) is 37.1 Å². The van der Waals surface area contributed by atoms with E-state index >= 15 is 0 Å². The number of hydrogen-bond acceptors (Lipinski definition) is 8. The maximum atomic E-state index is 12.2. The first-order valence-electron chi connectivity index (χ1n) is 10.1. The molecule has 0 bridgehead atoms. The predicted molar refractivity (Wildman–Crippen MR) is 110 cm³/mol. The van der Waals surface area contributed by atoms with Crippen LogP contribution in [0.2, 0.25) is 0 Å². The van der Waals surface area contributed by atoms with Crippen LogP contribution >= 0.6 is 0 Å². The van der Waals surface area contributed by atoms with Gasteiger partial charge in [-0.1, -0.05) is 6.42 Å². The summed E-state index contributed by atoms with van der Waals surface area (Å²) in [7, 11) is 1.64. The van der Waals surface area contributed by atoms with Gasteiger partial charge in [-0.15, -0.1) is 0 Å². The second kappa shape index (κ2) is 12.1. The Morgan fingerprint density at radius 3 is 2.81 bits per heavy atom. The van der Waals surface area contributed by atoms with Gasteiger partial charge in [-0.2, -0.15) is 4.98 Å². The third-order valence-corrected chi connectivity index (χ3v) is 4.83. The van der Waals surface area contributed by atoms with E-state index in [2.05, 4.69) is 10.3 Å². The van der Waals surface area contributed by atoms with Crippen LogP contribution in [0.4, 0.5) is 5.82 Å². The third kappa shape index (κ3) is 7.39. The number of carbonyl (C=O) groups is 3. The molecule has 11 heteroatoms. The molecular formula is C20H28N4O7. The zero-order valence-corrected chi connectivity index (χ0v) is 17.3. The normalized spacial score (nSPS) is 20.7. The molecule has 3 N–H and O–H groups in total. The maximum Gasteiger partial charge on any atom is 0.351 e. The second-order valence-electron chi connectivity index (χ2n) is 7.25. The lowest BCUT2D eigenvalue weighted by molar-refractivity contribution is -0.125. The summed E-state index contributed by atoms with van der Waals surface area (Å²) in [5.74, 6) is -0.446. The number of hydrogen-bond donors (Lipinski definition) is 3. The zero-order valence-electron chi connectivity index (χ0n) is 17.3. The second-order valence-corrected chi connectivity index (χ2v) is 7.25. The summed E-state index contributed by atoms with van der Waals surface area (Å²) in [5, 5.41) is 21.7. The van der Waals surface area contributed by atoms with Gasteiger partial charge in [0.15, 0.2) is 6.23 Å². The third-order valence-electron chi connectivity index (χ3n) is 4.83. The van der Waals surface area contributed by atoms with Crippen molar-refractivity contribution in [3.63, 3.8) is 0 Å². The van der Waals surface area contributed by atoms with Crippen molar-refractivity contribution in [3.05, 3.63) is 34.9 Å². The Morgan fingerprint density at radius 1 is 1.39 bits per heavy atom. The molecule has 170 valence electrons. The first kappa shape index (κ1) is 24.4. The molecule has 2 amide bonds. The Kier molecular flexibility index (Phi) is 9.50. The molecule has 0 spiro atoms. The van der Waals surface area contributed by atoms with Crippen molar-refractivity contribution >= 4 is 23.9 Å². The van der Waals surface area contributed by atoms with Crippen LogP contribution in [0.5, 0.6) is 0 Å². The molecule has 1 aromatic heterocycles. The van der Waals surface area contributed by atoms with Crippen LogP contribution in [0.1, 0.15) is 38.3 Å². The number of aliphatic hydroxyl groups excluding tert-OH is 2. The standard InChI is InChI=1S/C20H28N4O7/c1-23(18(29)7-5-11-25)9-4-2-3-6-17(28)21-16-8-10-24(20(30)22-16)19-15(27)12-14(13-26)31-19/h5,7-8,10-11,14-15,19,26-27H,2-4,6,9,12-13H2,1H3,(H,21,22,28,30)/b7-5-. The van der Waals surface area contributed by atoms with E-state index in [1.54, 1.807) is 7.05 Å². The summed E-state index contributed by atoms with van der Waals surface area (Å²) >= 11 is 0. The minimum atomic E-state index is -0.938. The van der Waals surface area contributed by atoms with Crippen LogP contribution in [0.15, 0.2) is 29.2 Å². The molecule has 1 aliphatic rings. The summed E-state index contributed by atoms with van der Waals surface area (Å²) in [6.07, 6.45) is 4.32. The molecule has 0 radical (unpaired) electrons. The van der Waals surface area contributed by atoms with Crippen molar-refractivity contribution in [2.24, 2.45) is 0 Å². The van der Waals surface area contributed by atoms with Gasteiger partial charge in [0.25, 0.3) is 0 Å². The molecule has 2 rings (SSSR count). The van der Waals surface area contributed by atoms with E-state index in [1.165, 1.54) is 23.2 Å². The molecule has 3 atom stereocenters. The lowest BCUT2D eigenvalue weighted by Crippen LogP contribution is -2.32. The van der Waals surface area contributed by atoms with Gasteiger partial charge >= 0.3 is 5.69 Å². The van der Waals surface area contributed by atoms with Gasteiger partial charge in [-0.25, -0.2) is 4.79 Å². The highest BCUT2D eigenvalue weighted by Gasteiger charge is 2.35. The number of rotatable bonds is 11. The fourth-order valence-electron chi connectivity index (χ4n) is 3.15. The number of aldehydes is 1. The van der Waals surface area contributed by atoms with Crippen LogP contribution in [-0.4, -0.2) is 75.2 Å². The molecule has 1 aromatic rings. The molecule has 31 heavy (non-hydrogen) atoms. The number of nitrogens with zero attached hydrogens (tertiary/aromatic N) is 3. The van der Waals surface area contributed by atoms with E-state index < -0.39 is 24.1 Å². The predicted octanol–water partition coefficient (Wildman–Crippen LogP) is -0.404. The SMILES string of the molecule is CN(CCCCCC(=O)Nc1ccn(C2OC(CO)CC2O)c(=O)n1)C(=O)/C=C\C=O. The number of nitrogens with one attached hydrogen (secondary N) is 1. The molecule has 1 saturated heterocycles. The Bertz CT molecular complexity index is 854. The Morgan fingerprint density at radius 2 is 2.16 bits per heavy atom. The van der Waals surface area contributed by atoms with Crippen molar-refractivity contribution in [2.45, 2.75) is 50.5 Å². The van der Waals surface area contributed by atoms with Gasteiger partial charge in [0.05, 0.1) is 12.7 Å². The lowest BCUT2D eigenvalue weighted by atomic mass is 10.2. The first-order chi connectivity index (χ1) is 14.8. The number of allylic oxidation sites excluding steroid dienone is 1. The van der Waals surface area contributed by atoms with Crippen molar-refractivity contribution in [1.82, 2.24) is 14.5 Å². The Hall–Kier alpha value is -2.89. The van der Waals surface area contributed by atoms with Gasteiger partial charge in [0.1, 0.15) is 18.2 Å². The monoisotopic (exact) mass is 436 g/mol. The van der Waals surface area contributed by atoms with Crippen molar-refractivity contribution in [2.75, 3.05) is 25.5 Å². The van der Waals surface area contributed by atoms with Crippen LogP contribution < -0.4 is 11.0 Å². The highest BCUT2D eigenvalue weighted by molar-refractivity contribution is 5.90. The molecule has 1 fully saturated rings. The van der Waals surface area contributed by atoms with Crippen LogP contribution in [-0.2, 0) is 19.1 Å². The number of amides is 2. The summed E-state index contributed by atoms with van der Waals surface area (Å²) in [5.41, 5.74) is -0.684. The fourth-order valence-corrected chi connectivity index (χ4v) is 3.15. The fraction of sp³-hybridized carbons (Fsp3) is 0.550. The van der Waals surface area contributed by atoms with E-state index in [1.807, 2.05) is 0 Å². The molecule has 3 unspecified atom stereocenters. The molecule has 0 saturated carbocycles. The number of anilines is 1. The highest BCUT2D eigenvalue weighted by atomic mass is 16.5. The number of aromatic nitrogens is 2. The molecule has 2 heterocycles. The van der Waals surface area contributed by atoms with Gasteiger partial charge in [0, 0.05) is 38.7 Å². The quantitative estimate of drug-likeness (QED) is 0.241. The molecule has 0 aromatic carbocycles. The minimum absolute atomic E-state index is 0.102. The number of aliphatic hydroxyl groups is 2. The zero-order chi connectivity index (χ0) is 22.8. The number of unbranched alkanes of at least 4 members (excludes halogenated alkanes) is 2. The Balaban J connectivity index is 1.74. The number of likely N-dealkylation sites (N-methyl/N-ethyl adjacent to an activating group) is 1.